The zero-order chi connectivity index (χ0) is 14.1. The average molecular weight is 281 g/mol. The first kappa shape index (κ1) is 15.4. The van der Waals surface area contributed by atoms with Gasteiger partial charge in [-0.1, -0.05) is 30.5 Å². The lowest BCUT2D eigenvalue weighted by molar-refractivity contribution is -0.122. The maximum absolute atomic E-state index is 11.4. The molecule has 0 saturated carbocycles. The molecule has 1 aromatic carbocycles. The second kappa shape index (κ2) is 8.41. The molecule has 1 rings (SSSR count). The summed E-state index contributed by atoms with van der Waals surface area (Å²) in [7, 11) is 0. The van der Waals surface area contributed by atoms with Gasteiger partial charge in [0.25, 0.3) is 5.91 Å². The number of rotatable bonds is 7. The molecule has 0 unspecified atom stereocenters. The van der Waals surface area contributed by atoms with E-state index >= 15 is 0 Å². The third-order valence-electron chi connectivity index (χ3n) is 2.37. The van der Waals surface area contributed by atoms with Crippen LogP contribution in [-0.2, 0) is 11.3 Å². The first-order chi connectivity index (χ1) is 9.19. The van der Waals surface area contributed by atoms with Crippen LogP contribution in [-0.4, -0.2) is 25.6 Å². The van der Waals surface area contributed by atoms with Crippen LogP contribution < -0.4 is 15.4 Å². The van der Waals surface area contributed by atoms with E-state index in [1.807, 2.05) is 6.92 Å². The lowest BCUT2D eigenvalue weighted by Gasteiger charge is -2.13. The highest BCUT2D eigenvalue weighted by molar-refractivity contribution is 6.31. The fourth-order valence-electron chi connectivity index (χ4n) is 1.44. The standard InChI is InChI=1S/C14H17ClN2O2/c1-3-8-17-14(18)10-19-13-7-5-6-12(15)11(13)9-16-4-2/h1,5-7,16H,4,8-10H2,2H3,(H,17,18). The van der Waals surface area contributed by atoms with Gasteiger partial charge < -0.3 is 15.4 Å². The Morgan fingerprint density at radius 2 is 2.32 bits per heavy atom. The number of terminal acetylenes is 1. The Bertz CT molecular complexity index is 469. The molecule has 1 amide bonds. The van der Waals surface area contributed by atoms with Crippen molar-refractivity contribution in [3.63, 3.8) is 0 Å². The Morgan fingerprint density at radius 3 is 3.00 bits per heavy atom. The predicted octanol–water partition coefficient (Wildman–Crippen LogP) is 1.58. The van der Waals surface area contributed by atoms with E-state index in [9.17, 15) is 4.79 Å². The smallest absolute Gasteiger partial charge is 0.258 e. The number of hydrogen-bond donors (Lipinski definition) is 2. The largest absolute Gasteiger partial charge is 0.483 e. The molecule has 102 valence electrons. The van der Waals surface area contributed by atoms with Crippen molar-refractivity contribution in [2.24, 2.45) is 0 Å². The molecule has 1 aromatic rings. The van der Waals surface area contributed by atoms with Crippen molar-refractivity contribution in [3.8, 4) is 18.1 Å². The molecule has 0 aromatic heterocycles. The second-order valence-electron chi connectivity index (χ2n) is 3.77. The molecule has 0 radical (unpaired) electrons. The number of benzene rings is 1. The van der Waals surface area contributed by atoms with E-state index in [1.54, 1.807) is 18.2 Å². The molecule has 4 nitrogen and oxygen atoms in total. The Labute approximate surface area is 118 Å². The Kier molecular flexibility index (Phi) is 6.80. The maximum atomic E-state index is 11.4. The van der Waals surface area contributed by atoms with Gasteiger partial charge in [0.1, 0.15) is 5.75 Å². The first-order valence-corrected chi connectivity index (χ1v) is 6.37. The number of nitrogens with one attached hydrogen (secondary N) is 2. The van der Waals surface area contributed by atoms with Crippen LogP contribution in [0.25, 0.3) is 0 Å². The quantitative estimate of drug-likeness (QED) is 0.746. The van der Waals surface area contributed by atoms with E-state index < -0.39 is 0 Å². The number of carbonyl (C=O) groups excluding carboxylic acids is 1. The first-order valence-electron chi connectivity index (χ1n) is 6.00. The van der Waals surface area contributed by atoms with Gasteiger partial charge in [-0.05, 0) is 18.7 Å². The van der Waals surface area contributed by atoms with Gasteiger partial charge in [0, 0.05) is 17.1 Å². The SMILES string of the molecule is C#CCNC(=O)COc1cccc(Cl)c1CNCC. The summed E-state index contributed by atoms with van der Waals surface area (Å²) in [4.78, 5) is 11.4. The predicted molar refractivity (Wildman–Crippen MR) is 76.2 cm³/mol. The van der Waals surface area contributed by atoms with Crippen molar-refractivity contribution < 1.29 is 9.53 Å². The van der Waals surface area contributed by atoms with E-state index in [1.165, 1.54) is 0 Å². The van der Waals surface area contributed by atoms with Gasteiger partial charge in [-0.15, -0.1) is 6.42 Å². The van der Waals surface area contributed by atoms with Crippen molar-refractivity contribution >= 4 is 17.5 Å². The second-order valence-corrected chi connectivity index (χ2v) is 4.17. The summed E-state index contributed by atoms with van der Waals surface area (Å²) >= 11 is 6.12. The van der Waals surface area contributed by atoms with Crippen LogP contribution in [0.15, 0.2) is 18.2 Å². The summed E-state index contributed by atoms with van der Waals surface area (Å²) in [6.07, 6.45) is 5.05. The number of carbonyl (C=O) groups is 1. The maximum Gasteiger partial charge on any atom is 0.258 e. The molecule has 0 heterocycles. The summed E-state index contributed by atoms with van der Waals surface area (Å²) in [5.74, 6) is 2.67. The number of halogens is 1. The van der Waals surface area contributed by atoms with Gasteiger partial charge in [-0.3, -0.25) is 4.79 Å². The van der Waals surface area contributed by atoms with Crippen molar-refractivity contribution in [3.05, 3.63) is 28.8 Å². The van der Waals surface area contributed by atoms with Crippen LogP contribution in [0.4, 0.5) is 0 Å². The van der Waals surface area contributed by atoms with Crippen LogP contribution in [0.3, 0.4) is 0 Å². The summed E-state index contributed by atoms with van der Waals surface area (Å²) in [6, 6.07) is 5.36. The van der Waals surface area contributed by atoms with Gasteiger partial charge in [0.15, 0.2) is 6.61 Å². The summed E-state index contributed by atoms with van der Waals surface area (Å²) in [5, 5.41) is 6.32. The number of hydrogen-bond acceptors (Lipinski definition) is 3. The zero-order valence-corrected chi connectivity index (χ0v) is 11.6. The van der Waals surface area contributed by atoms with Gasteiger partial charge in [-0.25, -0.2) is 0 Å². The van der Waals surface area contributed by atoms with Crippen LogP contribution in [0.5, 0.6) is 5.75 Å². The van der Waals surface area contributed by atoms with Crippen LogP contribution in [0.2, 0.25) is 5.02 Å². The minimum atomic E-state index is -0.257. The van der Waals surface area contributed by atoms with E-state index in [0.29, 0.717) is 17.3 Å². The molecule has 0 aliphatic rings. The Hall–Kier alpha value is -1.70. The van der Waals surface area contributed by atoms with E-state index in [2.05, 4.69) is 16.6 Å². The molecular weight excluding hydrogens is 264 g/mol. The normalized spacial score (nSPS) is 9.74. The summed E-state index contributed by atoms with van der Waals surface area (Å²) in [5.41, 5.74) is 0.843. The van der Waals surface area contributed by atoms with Crippen LogP contribution >= 0.6 is 11.6 Å². The third-order valence-corrected chi connectivity index (χ3v) is 2.73. The molecule has 0 aliphatic carbocycles. The highest BCUT2D eigenvalue weighted by Gasteiger charge is 2.09. The minimum absolute atomic E-state index is 0.0822. The van der Waals surface area contributed by atoms with E-state index in [4.69, 9.17) is 22.8 Å². The van der Waals surface area contributed by atoms with Crippen molar-refractivity contribution in [2.45, 2.75) is 13.5 Å². The molecular formula is C14H17ClN2O2. The average Bonchev–Trinajstić information content (AvgIpc) is 2.41. The van der Waals surface area contributed by atoms with Crippen molar-refractivity contribution in [1.29, 1.82) is 0 Å². The van der Waals surface area contributed by atoms with Gasteiger partial charge in [0.05, 0.1) is 6.54 Å². The molecule has 0 aliphatic heterocycles. The van der Waals surface area contributed by atoms with Crippen molar-refractivity contribution in [1.82, 2.24) is 10.6 Å². The number of ether oxygens (including phenoxy) is 1. The Balaban J connectivity index is 2.64. The molecule has 0 bridgehead atoms. The zero-order valence-electron chi connectivity index (χ0n) is 10.8. The third kappa shape index (κ3) is 5.21. The highest BCUT2D eigenvalue weighted by atomic mass is 35.5. The Morgan fingerprint density at radius 1 is 1.53 bits per heavy atom. The van der Waals surface area contributed by atoms with Gasteiger partial charge in [0.2, 0.25) is 0 Å². The molecule has 0 spiro atoms. The molecule has 0 fully saturated rings. The lowest BCUT2D eigenvalue weighted by atomic mass is 10.2. The highest BCUT2D eigenvalue weighted by Crippen LogP contribution is 2.26. The van der Waals surface area contributed by atoms with Crippen LogP contribution in [0.1, 0.15) is 12.5 Å². The minimum Gasteiger partial charge on any atom is -0.483 e. The summed E-state index contributed by atoms with van der Waals surface area (Å²) < 4.78 is 5.47. The molecule has 5 heteroatoms. The summed E-state index contributed by atoms with van der Waals surface area (Å²) in [6.45, 7) is 3.54. The van der Waals surface area contributed by atoms with E-state index in [0.717, 1.165) is 12.1 Å². The fraction of sp³-hybridized carbons (Fsp3) is 0.357. The molecule has 19 heavy (non-hydrogen) atoms. The van der Waals surface area contributed by atoms with E-state index in [-0.39, 0.29) is 19.1 Å². The molecule has 0 atom stereocenters. The monoisotopic (exact) mass is 280 g/mol. The van der Waals surface area contributed by atoms with Crippen molar-refractivity contribution in [2.75, 3.05) is 19.7 Å². The number of amides is 1. The van der Waals surface area contributed by atoms with Gasteiger partial charge >= 0.3 is 0 Å². The van der Waals surface area contributed by atoms with Gasteiger partial charge in [-0.2, -0.15) is 0 Å². The topological polar surface area (TPSA) is 50.4 Å². The molecule has 0 saturated heterocycles. The lowest BCUT2D eigenvalue weighted by Crippen LogP contribution is -2.29. The van der Waals surface area contributed by atoms with Crippen LogP contribution in [0, 0.1) is 12.3 Å². The molecule has 2 N–H and O–H groups in total. The fourth-order valence-corrected chi connectivity index (χ4v) is 1.67.